The number of aromatic nitrogens is 2. The lowest BCUT2D eigenvalue weighted by Crippen LogP contribution is -2.57. The van der Waals surface area contributed by atoms with Gasteiger partial charge in [-0.3, -0.25) is 0 Å². The second-order valence-electron chi connectivity index (χ2n) is 6.94. The van der Waals surface area contributed by atoms with E-state index in [2.05, 4.69) is 33.9 Å². The van der Waals surface area contributed by atoms with Gasteiger partial charge in [0.15, 0.2) is 0 Å². The number of piperidine rings is 1. The first-order valence-corrected chi connectivity index (χ1v) is 8.56. The molecule has 6 nitrogen and oxygen atoms in total. The number of nitrogens with zero attached hydrogens (tertiary/aromatic N) is 4. The summed E-state index contributed by atoms with van der Waals surface area (Å²) in [6, 6.07) is 1.86. The molecule has 3 rings (SSSR count). The number of fused-ring (bicyclic) bond motifs is 1. The number of anilines is 1. The van der Waals surface area contributed by atoms with Crippen LogP contribution in [0.4, 0.5) is 5.95 Å². The minimum absolute atomic E-state index is 0.0714. The maximum atomic E-state index is 6.09. The lowest BCUT2D eigenvalue weighted by Gasteiger charge is -2.50. The topological polar surface area (TPSA) is 50.7 Å². The average Bonchev–Trinajstić information content (AvgIpc) is 2.59. The van der Waals surface area contributed by atoms with Crippen molar-refractivity contribution in [3.8, 4) is 0 Å². The second-order valence-corrected chi connectivity index (χ2v) is 6.94. The van der Waals surface area contributed by atoms with Crippen molar-refractivity contribution < 1.29 is 9.47 Å². The predicted molar refractivity (Wildman–Crippen MR) is 89.6 cm³/mol. The van der Waals surface area contributed by atoms with Gasteiger partial charge in [0, 0.05) is 44.0 Å². The van der Waals surface area contributed by atoms with E-state index in [1.165, 1.54) is 0 Å². The lowest BCUT2D eigenvalue weighted by molar-refractivity contribution is -0.125. The first kappa shape index (κ1) is 16.6. The molecule has 2 saturated heterocycles. The Hall–Kier alpha value is -1.24. The minimum atomic E-state index is 0.0714. The van der Waals surface area contributed by atoms with E-state index in [0.717, 1.165) is 64.7 Å². The number of rotatable bonds is 6. The third-order valence-electron chi connectivity index (χ3n) is 4.90. The highest BCUT2D eigenvalue weighted by Gasteiger charge is 2.46. The Morgan fingerprint density at radius 1 is 1.39 bits per heavy atom. The number of hydrogen-bond acceptors (Lipinski definition) is 6. The lowest BCUT2D eigenvalue weighted by atomic mass is 9.73. The standard InChI is InChI=1S/C17H28N4O2/c1-20(2)10-12-22-14-17-6-3-11-23-15(17)5-9-21(13-17)16-18-7-4-8-19-16/h4,7-8,15H,3,5-6,9-14H2,1-2H3/t15-,17+/m0/s1. The molecule has 0 amide bonds. The molecule has 2 aliphatic heterocycles. The number of ether oxygens (including phenoxy) is 2. The van der Waals surface area contributed by atoms with Crippen molar-refractivity contribution in [2.24, 2.45) is 5.41 Å². The molecule has 23 heavy (non-hydrogen) atoms. The smallest absolute Gasteiger partial charge is 0.225 e. The van der Waals surface area contributed by atoms with E-state index >= 15 is 0 Å². The summed E-state index contributed by atoms with van der Waals surface area (Å²) >= 11 is 0. The maximum Gasteiger partial charge on any atom is 0.225 e. The summed E-state index contributed by atoms with van der Waals surface area (Å²) in [6.45, 7) is 5.23. The van der Waals surface area contributed by atoms with Gasteiger partial charge in [-0.15, -0.1) is 0 Å². The zero-order valence-electron chi connectivity index (χ0n) is 14.3. The van der Waals surface area contributed by atoms with Crippen LogP contribution in [0.15, 0.2) is 18.5 Å². The molecule has 1 aromatic heterocycles. The van der Waals surface area contributed by atoms with E-state index < -0.39 is 0 Å². The summed E-state index contributed by atoms with van der Waals surface area (Å²) < 4.78 is 12.1. The number of hydrogen-bond donors (Lipinski definition) is 0. The Kier molecular flexibility index (Phi) is 5.46. The van der Waals surface area contributed by atoms with Crippen molar-refractivity contribution in [2.45, 2.75) is 25.4 Å². The van der Waals surface area contributed by atoms with Gasteiger partial charge in [-0.1, -0.05) is 0 Å². The molecule has 3 heterocycles. The Balaban J connectivity index is 1.67. The average molecular weight is 320 g/mol. The second kappa shape index (κ2) is 7.55. The summed E-state index contributed by atoms with van der Waals surface area (Å²) in [6.07, 6.45) is 7.21. The van der Waals surface area contributed by atoms with Crippen LogP contribution in [-0.2, 0) is 9.47 Å². The van der Waals surface area contributed by atoms with Gasteiger partial charge in [0.1, 0.15) is 0 Å². The van der Waals surface area contributed by atoms with Gasteiger partial charge >= 0.3 is 0 Å². The Bertz CT molecular complexity index is 485. The molecule has 2 aliphatic rings. The van der Waals surface area contributed by atoms with Crippen LogP contribution in [0.3, 0.4) is 0 Å². The molecule has 0 aliphatic carbocycles. The first-order valence-electron chi connectivity index (χ1n) is 8.56. The van der Waals surface area contributed by atoms with E-state index in [9.17, 15) is 0 Å². The van der Waals surface area contributed by atoms with E-state index in [1.54, 1.807) is 0 Å². The SMILES string of the molecule is CN(C)CCOC[C@]12CCCO[C@H]1CCN(c1ncccn1)C2. The van der Waals surface area contributed by atoms with Gasteiger partial charge in [-0.05, 0) is 39.4 Å². The normalized spacial score (nSPS) is 28.0. The van der Waals surface area contributed by atoms with Crippen LogP contribution in [0.5, 0.6) is 0 Å². The third kappa shape index (κ3) is 4.00. The highest BCUT2D eigenvalue weighted by molar-refractivity contribution is 5.31. The van der Waals surface area contributed by atoms with E-state index in [-0.39, 0.29) is 5.41 Å². The zero-order chi connectivity index (χ0) is 16.1. The molecule has 0 radical (unpaired) electrons. The highest BCUT2D eigenvalue weighted by atomic mass is 16.5. The van der Waals surface area contributed by atoms with Crippen molar-refractivity contribution in [1.29, 1.82) is 0 Å². The van der Waals surface area contributed by atoms with Gasteiger partial charge in [-0.25, -0.2) is 9.97 Å². The summed E-state index contributed by atoms with van der Waals surface area (Å²) in [5.41, 5.74) is 0.0714. The largest absolute Gasteiger partial charge is 0.379 e. The quantitative estimate of drug-likeness (QED) is 0.739. The molecule has 0 saturated carbocycles. The van der Waals surface area contributed by atoms with Crippen LogP contribution in [0, 0.1) is 5.41 Å². The van der Waals surface area contributed by atoms with E-state index in [0.29, 0.717) is 6.10 Å². The monoisotopic (exact) mass is 320 g/mol. The van der Waals surface area contributed by atoms with Crippen LogP contribution in [0.25, 0.3) is 0 Å². The summed E-state index contributed by atoms with van der Waals surface area (Å²) in [4.78, 5) is 13.3. The van der Waals surface area contributed by atoms with Crippen LogP contribution < -0.4 is 4.90 Å². The predicted octanol–water partition coefficient (Wildman–Crippen LogP) is 1.43. The Morgan fingerprint density at radius 3 is 3.00 bits per heavy atom. The summed E-state index contributed by atoms with van der Waals surface area (Å²) in [5.74, 6) is 0.823. The van der Waals surface area contributed by atoms with Crippen molar-refractivity contribution in [1.82, 2.24) is 14.9 Å². The van der Waals surface area contributed by atoms with Crippen LogP contribution in [-0.4, -0.2) is 74.5 Å². The van der Waals surface area contributed by atoms with E-state index in [1.807, 2.05) is 18.5 Å². The van der Waals surface area contributed by atoms with Crippen LogP contribution in [0.2, 0.25) is 0 Å². The molecular weight excluding hydrogens is 292 g/mol. The maximum absolute atomic E-state index is 6.09. The number of likely N-dealkylation sites (N-methyl/N-ethyl adjacent to an activating group) is 1. The molecule has 2 fully saturated rings. The van der Waals surface area contributed by atoms with Gasteiger partial charge in [0.2, 0.25) is 5.95 Å². The fourth-order valence-corrected chi connectivity index (χ4v) is 3.65. The summed E-state index contributed by atoms with van der Waals surface area (Å²) in [7, 11) is 4.15. The molecule has 0 bridgehead atoms. The van der Waals surface area contributed by atoms with E-state index in [4.69, 9.17) is 9.47 Å². The minimum Gasteiger partial charge on any atom is -0.379 e. The fourth-order valence-electron chi connectivity index (χ4n) is 3.65. The molecule has 0 unspecified atom stereocenters. The Morgan fingerprint density at radius 2 is 2.22 bits per heavy atom. The van der Waals surface area contributed by atoms with Crippen molar-refractivity contribution in [2.75, 3.05) is 58.5 Å². The van der Waals surface area contributed by atoms with Gasteiger partial charge in [-0.2, -0.15) is 0 Å². The fraction of sp³-hybridized carbons (Fsp3) is 0.765. The third-order valence-corrected chi connectivity index (χ3v) is 4.90. The Labute approximate surface area is 138 Å². The van der Waals surface area contributed by atoms with Gasteiger partial charge in [0.05, 0.1) is 19.3 Å². The molecular formula is C17H28N4O2. The van der Waals surface area contributed by atoms with Crippen LogP contribution in [0.1, 0.15) is 19.3 Å². The van der Waals surface area contributed by atoms with Crippen LogP contribution >= 0.6 is 0 Å². The van der Waals surface area contributed by atoms with Crippen molar-refractivity contribution >= 4 is 5.95 Å². The molecule has 2 atom stereocenters. The van der Waals surface area contributed by atoms with Crippen molar-refractivity contribution in [3.63, 3.8) is 0 Å². The molecule has 0 aromatic carbocycles. The highest BCUT2D eigenvalue weighted by Crippen LogP contribution is 2.41. The molecule has 0 N–H and O–H groups in total. The van der Waals surface area contributed by atoms with Gasteiger partial charge < -0.3 is 19.3 Å². The molecule has 128 valence electrons. The van der Waals surface area contributed by atoms with Gasteiger partial charge in [0.25, 0.3) is 0 Å². The molecule has 6 heteroatoms. The summed E-state index contributed by atoms with van der Waals surface area (Å²) in [5, 5.41) is 0. The zero-order valence-corrected chi connectivity index (χ0v) is 14.3. The van der Waals surface area contributed by atoms with Crippen molar-refractivity contribution in [3.05, 3.63) is 18.5 Å². The molecule has 1 aromatic rings. The molecule has 0 spiro atoms. The first-order chi connectivity index (χ1) is 11.2.